The summed E-state index contributed by atoms with van der Waals surface area (Å²) >= 11 is 0. The van der Waals surface area contributed by atoms with Crippen molar-refractivity contribution in [2.24, 2.45) is 0 Å². The van der Waals surface area contributed by atoms with Gasteiger partial charge >= 0.3 is 0 Å². The van der Waals surface area contributed by atoms with Gasteiger partial charge in [0.25, 0.3) is 5.91 Å². The Kier molecular flexibility index (Phi) is 5.37. The van der Waals surface area contributed by atoms with E-state index >= 15 is 0 Å². The number of para-hydroxylation sites is 2. The van der Waals surface area contributed by atoms with Gasteiger partial charge in [-0.15, -0.1) is 10.2 Å². The fourth-order valence-corrected chi connectivity index (χ4v) is 4.69. The summed E-state index contributed by atoms with van der Waals surface area (Å²) in [6.45, 7) is 3.45. The van der Waals surface area contributed by atoms with Gasteiger partial charge in [-0.1, -0.05) is 29.8 Å². The molecule has 1 fully saturated rings. The van der Waals surface area contributed by atoms with E-state index in [1.165, 1.54) is 0 Å². The number of imidazole rings is 1. The number of aromatic nitrogens is 4. The fourth-order valence-electron chi connectivity index (χ4n) is 4.69. The minimum atomic E-state index is 0.0468. The molecule has 174 valence electrons. The minimum absolute atomic E-state index is 0.0468. The lowest BCUT2D eigenvalue weighted by Gasteiger charge is -2.31. The lowest BCUT2D eigenvalue weighted by molar-refractivity contribution is 0.0711. The first-order valence-electron chi connectivity index (χ1n) is 11.9. The Hall–Kier alpha value is -4.26. The zero-order valence-corrected chi connectivity index (χ0v) is 19.4. The molecule has 6 rings (SSSR count). The maximum absolute atomic E-state index is 13.1. The highest BCUT2D eigenvalue weighted by Crippen LogP contribution is 2.29. The van der Waals surface area contributed by atoms with Crippen LogP contribution in [-0.4, -0.2) is 44.1 Å². The molecule has 3 aromatic carbocycles. The first-order valence-corrected chi connectivity index (χ1v) is 11.9. The molecule has 0 aliphatic carbocycles. The quantitative estimate of drug-likeness (QED) is 0.374. The van der Waals surface area contributed by atoms with E-state index < -0.39 is 0 Å². The molecule has 0 radical (unpaired) electrons. The lowest BCUT2D eigenvalue weighted by Crippen LogP contribution is -2.38. The largest absolute Gasteiger partial charge is 0.416 e. The zero-order chi connectivity index (χ0) is 23.8. The predicted octanol–water partition coefficient (Wildman–Crippen LogP) is 5.61. The lowest BCUT2D eigenvalue weighted by atomic mass is 9.95. The van der Waals surface area contributed by atoms with Crippen LogP contribution in [-0.2, 0) is 0 Å². The van der Waals surface area contributed by atoms with E-state index in [1.54, 1.807) is 0 Å². The number of piperidine rings is 1. The third-order valence-corrected chi connectivity index (χ3v) is 6.65. The standard InChI is InChI=1S/C28H25N5O2/c1-18-5-4-6-22(17-18)27-32-31-26(35-27)20-9-11-21(12-10-20)28(34)33-15-13-19(14-16-33)25-29-23-7-2-3-8-24(23)30-25/h2-12,17,19H,13-16H2,1H3,(H,29,30). The number of H-pyrrole nitrogens is 1. The van der Waals surface area contributed by atoms with E-state index in [1.807, 2.05) is 84.6 Å². The van der Waals surface area contributed by atoms with Crippen LogP contribution in [0.1, 0.15) is 40.5 Å². The molecule has 1 aliphatic heterocycles. The van der Waals surface area contributed by atoms with Crippen LogP contribution in [0.15, 0.2) is 77.2 Å². The van der Waals surface area contributed by atoms with Gasteiger partial charge in [0.05, 0.1) is 11.0 Å². The van der Waals surface area contributed by atoms with Crippen molar-refractivity contribution < 1.29 is 9.21 Å². The van der Waals surface area contributed by atoms with Gasteiger partial charge in [-0.05, 0) is 68.3 Å². The molecule has 0 unspecified atom stereocenters. The number of nitrogens with one attached hydrogen (secondary N) is 1. The van der Waals surface area contributed by atoms with Crippen molar-refractivity contribution in [3.63, 3.8) is 0 Å². The number of amides is 1. The Balaban J connectivity index is 1.11. The number of rotatable bonds is 4. The van der Waals surface area contributed by atoms with E-state index in [9.17, 15) is 4.79 Å². The summed E-state index contributed by atoms with van der Waals surface area (Å²) in [4.78, 5) is 23.2. The number of hydrogen-bond acceptors (Lipinski definition) is 5. The third kappa shape index (κ3) is 4.21. The van der Waals surface area contributed by atoms with Crippen LogP contribution in [0.25, 0.3) is 33.9 Å². The summed E-state index contributed by atoms with van der Waals surface area (Å²) in [7, 11) is 0. The summed E-state index contributed by atoms with van der Waals surface area (Å²) in [5.41, 5.74) is 5.53. The summed E-state index contributed by atoms with van der Waals surface area (Å²) in [5, 5.41) is 8.37. The van der Waals surface area contributed by atoms with E-state index in [-0.39, 0.29) is 5.91 Å². The fraction of sp³-hybridized carbons (Fsp3) is 0.214. The van der Waals surface area contributed by atoms with Gasteiger partial charge in [0.15, 0.2) is 0 Å². The van der Waals surface area contributed by atoms with Gasteiger partial charge in [-0.2, -0.15) is 0 Å². The maximum atomic E-state index is 13.1. The molecule has 3 heterocycles. The molecule has 5 aromatic rings. The summed E-state index contributed by atoms with van der Waals surface area (Å²) < 4.78 is 5.88. The highest BCUT2D eigenvalue weighted by molar-refractivity contribution is 5.94. The minimum Gasteiger partial charge on any atom is -0.416 e. The second-order valence-electron chi connectivity index (χ2n) is 9.06. The Bertz CT molecular complexity index is 1460. The van der Waals surface area contributed by atoms with Crippen LogP contribution >= 0.6 is 0 Å². The van der Waals surface area contributed by atoms with Crippen molar-refractivity contribution in [3.8, 4) is 22.9 Å². The SMILES string of the molecule is Cc1cccc(-c2nnc(-c3ccc(C(=O)N4CCC(c5nc6ccccc6[nH]5)CC4)cc3)o2)c1. The summed E-state index contributed by atoms with van der Waals surface area (Å²) in [6.07, 6.45) is 1.79. The Labute approximate surface area is 202 Å². The first kappa shape index (κ1) is 21.3. The molecule has 1 saturated heterocycles. The van der Waals surface area contributed by atoms with Crippen molar-refractivity contribution in [2.45, 2.75) is 25.7 Å². The average molecular weight is 464 g/mol. The number of likely N-dealkylation sites (tertiary alicyclic amines) is 1. The van der Waals surface area contributed by atoms with Crippen LogP contribution in [0.5, 0.6) is 0 Å². The van der Waals surface area contributed by atoms with Gasteiger partial charge in [-0.3, -0.25) is 4.79 Å². The molecule has 1 aliphatic rings. The Morgan fingerprint density at radius 1 is 0.914 bits per heavy atom. The van der Waals surface area contributed by atoms with Crippen molar-refractivity contribution in [3.05, 3.63) is 89.7 Å². The monoisotopic (exact) mass is 463 g/mol. The van der Waals surface area contributed by atoms with Crippen molar-refractivity contribution >= 4 is 16.9 Å². The van der Waals surface area contributed by atoms with E-state index in [0.717, 1.165) is 46.4 Å². The van der Waals surface area contributed by atoms with Gasteiger partial charge in [0.1, 0.15) is 5.82 Å². The number of nitrogens with zero attached hydrogens (tertiary/aromatic N) is 4. The van der Waals surface area contributed by atoms with E-state index in [4.69, 9.17) is 9.40 Å². The molecule has 1 amide bonds. The normalized spacial score (nSPS) is 14.5. The van der Waals surface area contributed by atoms with Gasteiger partial charge in [-0.25, -0.2) is 4.98 Å². The van der Waals surface area contributed by atoms with Gasteiger partial charge in [0.2, 0.25) is 11.8 Å². The maximum Gasteiger partial charge on any atom is 0.253 e. The zero-order valence-electron chi connectivity index (χ0n) is 19.4. The van der Waals surface area contributed by atoms with Crippen LogP contribution < -0.4 is 0 Å². The van der Waals surface area contributed by atoms with E-state index in [2.05, 4.69) is 15.2 Å². The van der Waals surface area contributed by atoms with Crippen molar-refractivity contribution in [1.29, 1.82) is 0 Å². The number of carbonyl (C=O) groups excluding carboxylic acids is 1. The molecule has 35 heavy (non-hydrogen) atoms. The first-order chi connectivity index (χ1) is 17.1. The number of fused-ring (bicyclic) bond motifs is 1. The topological polar surface area (TPSA) is 87.9 Å². The van der Waals surface area contributed by atoms with Crippen molar-refractivity contribution in [1.82, 2.24) is 25.1 Å². The van der Waals surface area contributed by atoms with Crippen molar-refractivity contribution in [2.75, 3.05) is 13.1 Å². The average Bonchev–Trinajstić information content (AvgIpc) is 3.56. The van der Waals surface area contributed by atoms with Crippen LogP contribution in [0, 0.1) is 6.92 Å². The van der Waals surface area contributed by atoms with Crippen LogP contribution in [0.3, 0.4) is 0 Å². The predicted molar refractivity (Wildman–Crippen MR) is 134 cm³/mol. The highest BCUT2D eigenvalue weighted by atomic mass is 16.4. The third-order valence-electron chi connectivity index (χ3n) is 6.65. The van der Waals surface area contributed by atoms with Crippen LogP contribution in [0.2, 0.25) is 0 Å². The second-order valence-corrected chi connectivity index (χ2v) is 9.06. The van der Waals surface area contributed by atoms with Gasteiger partial charge in [0, 0.05) is 35.7 Å². The summed E-state index contributed by atoms with van der Waals surface area (Å²) in [5.74, 6) is 2.33. The molecule has 0 spiro atoms. The molecule has 7 nitrogen and oxygen atoms in total. The molecule has 0 atom stereocenters. The molecule has 0 saturated carbocycles. The van der Waals surface area contributed by atoms with Crippen LogP contribution in [0.4, 0.5) is 0 Å². The second kappa shape index (κ2) is 8.83. The smallest absolute Gasteiger partial charge is 0.253 e. The summed E-state index contributed by atoms with van der Waals surface area (Å²) in [6, 6.07) is 23.4. The molecule has 2 aromatic heterocycles. The number of benzene rings is 3. The number of aromatic amines is 1. The molecular formula is C28H25N5O2. The van der Waals surface area contributed by atoms with E-state index in [0.29, 0.717) is 36.4 Å². The molecule has 0 bridgehead atoms. The molecular weight excluding hydrogens is 438 g/mol. The molecule has 1 N–H and O–H groups in total. The number of aryl methyl sites for hydroxylation is 1. The Morgan fingerprint density at radius 2 is 1.66 bits per heavy atom. The number of hydrogen-bond donors (Lipinski definition) is 1. The highest BCUT2D eigenvalue weighted by Gasteiger charge is 2.26. The Morgan fingerprint density at radius 3 is 2.40 bits per heavy atom. The number of carbonyl (C=O) groups is 1. The van der Waals surface area contributed by atoms with Gasteiger partial charge < -0.3 is 14.3 Å². The molecule has 7 heteroatoms.